The van der Waals surface area contributed by atoms with Crippen molar-refractivity contribution in [3.8, 4) is 0 Å². The number of benzene rings is 1. The number of halogens is 2. The highest BCUT2D eigenvalue weighted by atomic mass is 127. The minimum absolute atomic E-state index is 0.228. The fraction of sp³-hybridized carbons (Fsp3) is 0.417. The second-order valence-electron chi connectivity index (χ2n) is 4.34. The molecule has 0 bridgehead atoms. The largest absolute Gasteiger partial charge is 0.396 e. The van der Waals surface area contributed by atoms with Crippen LogP contribution in [0, 0.1) is 5.41 Å². The van der Waals surface area contributed by atoms with E-state index >= 15 is 0 Å². The van der Waals surface area contributed by atoms with Gasteiger partial charge in [-0.3, -0.25) is 0 Å². The predicted octanol–water partition coefficient (Wildman–Crippen LogP) is 4.21. The number of aliphatic hydroxyl groups excluding tert-OH is 1. The molecule has 98 valence electrons. The van der Waals surface area contributed by atoms with Crippen LogP contribution in [0.3, 0.4) is 0 Å². The first kappa shape index (κ1) is 14.7. The summed E-state index contributed by atoms with van der Waals surface area (Å²) in [5.74, 6) is 0.425. The zero-order valence-corrected chi connectivity index (χ0v) is 14.5. The molecule has 18 heavy (non-hydrogen) atoms. The molecule has 0 spiro atoms. The van der Waals surface area contributed by atoms with Crippen LogP contribution in [0.2, 0.25) is 0 Å². The van der Waals surface area contributed by atoms with Crippen molar-refractivity contribution in [2.45, 2.75) is 25.2 Å². The Labute approximate surface area is 130 Å². The summed E-state index contributed by atoms with van der Waals surface area (Å²) >= 11 is 5.95. The third-order valence-electron chi connectivity index (χ3n) is 3.40. The Bertz CT molecular complexity index is 470. The van der Waals surface area contributed by atoms with E-state index in [9.17, 15) is 0 Å². The highest BCUT2D eigenvalue weighted by Gasteiger charge is 2.27. The lowest BCUT2D eigenvalue weighted by Crippen LogP contribution is -2.02. The van der Waals surface area contributed by atoms with Gasteiger partial charge in [0.1, 0.15) is 0 Å². The maximum Gasteiger partial charge on any atom is 0.0479 e. The summed E-state index contributed by atoms with van der Waals surface area (Å²) in [6.45, 7) is 0.228. The van der Waals surface area contributed by atoms with E-state index in [-0.39, 0.29) is 6.61 Å². The molecular weight excluding hydrogens is 426 g/mol. The Hall–Kier alpha value is 0.290. The number of aliphatic hydroxyl groups is 1. The lowest BCUT2D eigenvalue weighted by molar-refractivity contribution is 0.275. The highest BCUT2D eigenvalue weighted by Crippen LogP contribution is 2.44. The summed E-state index contributed by atoms with van der Waals surface area (Å²) < 4.78 is 1.03. The van der Waals surface area contributed by atoms with E-state index < -0.39 is 0 Å². The molecule has 0 radical (unpaired) electrons. The van der Waals surface area contributed by atoms with Crippen molar-refractivity contribution in [1.29, 1.82) is 5.41 Å². The molecule has 0 saturated carbocycles. The average Bonchev–Trinajstić information content (AvgIpc) is 2.74. The van der Waals surface area contributed by atoms with Gasteiger partial charge in [0.25, 0.3) is 0 Å². The van der Waals surface area contributed by atoms with E-state index in [0.29, 0.717) is 12.3 Å². The zero-order chi connectivity index (χ0) is 13.1. The van der Waals surface area contributed by atoms with Gasteiger partial charge in [-0.1, -0.05) is 0 Å². The number of hydrogen-bond acceptors (Lipinski definition) is 3. The van der Waals surface area contributed by atoms with E-state index in [2.05, 4.69) is 49.1 Å². The van der Waals surface area contributed by atoms with E-state index in [0.717, 1.165) is 35.0 Å². The summed E-state index contributed by atoms with van der Waals surface area (Å²) in [7, 11) is 0. The number of aryl methyl sites for hydroxylation is 1. The maximum absolute atomic E-state index is 9.14. The Morgan fingerprint density at radius 1 is 1.67 bits per heavy atom. The lowest BCUT2D eigenvalue weighted by Gasteiger charge is -2.17. The fourth-order valence-corrected chi connectivity index (χ4v) is 4.68. The van der Waals surface area contributed by atoms with Gasteiger partial charge in [-0.15, -0.1) is 0 Å². The number of nitrogens with one attached hydrogen (secondary N) is 2. The highest BCUT2D eigenvalue weighted by molar-refractivity contribution is 14.2. The van der Waals surface area contributed by atoms with Gasteiger partial charge in [-0.25, -0.2) is 0 Å². The van der Waals surface area contributed by atoms with Gasteiger partial charge in [0.15, 0.2) is 0 Å². The maximum atomic E-state index is 9.14. The van der Waals surface area contributed by atoms with Gasteiger partial charge in [-0.05, 0) is 80.3 Å². The number of anilines is 1. The van der Waals surface area contributed by atoms with E-state index in [1.54, 1.807) is 0 Å². The molecule has 0 heterocycles. The average molecular weight is 441 g/mol. The molecule has 1 aromatic carbocycles. The van der Waals surface area contributed by atoms with Gasteiger partial charge in [0, 0.05) is 34.9 Å². The first-order valence-corrected chi connectivity index (χ1v) is 10.7. The normalized spacial score (nSPS) is 18.3. The lowest BCUT2D eigenvalue weighted by atomic mass is 9.96. The molecule has 0 saturated heterocycles. The van der Waals surface area contributed by atoms with Crippen LogP contribution >= 0.6 is 44.3 Å². The molecule has 0 aliphatic heterocycles. The van der Waals surface area contributed by atoms with Crippen molar-refractivity contribution in [2.24, 2.45) is 0 Å². The van der Waals surface area contributed by atoms with Crippen molar-refractivity contribution < 1.29 is 5.11 Å². The SMILES string of the molecule is N=Cc1c(NPI)cc2c(c1Br)C(CCO)CC2. The molecule has 3 N–H and O–H groups in total. The topological polar surface area (TPSA) is 56.1 Å². The standard InChI is InChI=1S/C12H15BrIN2OP/c13-12-9(6-15)10(16-18-14)5-8-2-1-7(3-4-17)11(8)12/h5-7,15-18H,1-4H2. The fourth-order valence-electron chi connectivity index (χ4n) is 2.60. The first-order valence-electron chi connectivity index (χ1n) is 5.81. The molecule has 2 atom stereocenters. The van der Waals surface area contributed by atoms with Gasteiger partial charge >= 0.3 is 0 Å². The van der Waals surface area contributed by atoms with Gasteiger partial charge in [-0.2, -0.15) is 0 Å². The van der Waals surface area contributed by atoms with Crippen LogP contribution < -0.4 is 5.09 Å². The molecule has 6 heteroatoms. The number of rotatable bonds is 5. The van der Waals surface area contributed by atoms with Crippen LogP contribution in [-0.2, 0) is 6.42 Å². The summed E-state index contributed by atoms with van der Waals surface area (Å²) in [4.78, 5) is 0. The monoisotopic (exact) mass is 440 g/mol. The van der Waals surface area contributed by atoms with Crippen molar-refractivity contribution >= 4 is 56.2 Å². The molecule has 2 rings (SSSR count). The molecule has 0 amide bonds. The minimum atomic E-state index is 0.228. The third kappa shape index (κ3) is 2.74. The Kier molecular flexibility index (Phi) is 5.42. The molecular formula is C12H15BrIN2OP. The zero-order valence-electron chi connectivity index (χ0n) is 9.76. The first-order chi connectivity index (χ1) is 8.72. The quantitative estimate of drug-likeness (QED) is 0.365. The van der Waals surface area contributed by atoms with Crippen LogP contribution in [0.25, 0.3) is 0 Å². The summed E-state index contributed by atoms with van der Waals surface area (Å²) in [6, 6.07) is 2.17. The van der Waals surface area contributed by atoms with E-state index in [1.165, 1.54) is 17.3 Å². The van der Waals surface area contributed by atoms with Crippen molar-refractivity contribution in [3.63, 3.8) is 0 Å². The summed E-state index contributed by atoms with van der Waals surface area (Å²) in [5.41, 5.74) is 4.60. The van der Waals surface area contributed by atoms with Gasteiger partial charge in [0.2, 0.25) is 0 Å². The molecule has 1 aliphatic rings. The molecule has 1 aliphatic carbocycles. The second-order valence-corrected chi connectivity index (χ2v) is 7.19. The van der Waals surface area contributed by atoms with Crippen LogP contribution in [0.15, 0.2) is 10.5 Å². The Morgan fingerprint density at radius 3 is 3.06 bits per heavy atom. The van der Waals surface area contributed by atoms with E-state index in [1.807, 2.05) is 0 Å². The van der Waals surface area contributed by atoms with Crippen molar-refractivity contribution in [3.05, 3.63) is 27.2 Å². The van der Waals surface area contributed by atoms with Crippen molar-refractivity contribution in [1.82, 2.24) is 0 Å². The van der Waals surface area contributed by atoms with E-state index in [4.69, 9.17) is 10.5 Å². The molecule has 3 nitrogen and oxygen atoms in total. The number of fused-ring (bicyclic) bond motifs is 1. The molecule has 0 aromatic heterocycles. The van der Waals surface area contributed by atoms with Crippen LogP contribution in [0.5, 0.6) is 0 Å². The van der Waals surface area contributed by atoms with Gasteiger partial charge < -0.3 is 15.6 Å². The number of hydrogen-bond donors (Lipinski definition) is 3. The third-order valence-corrected chi connectivity index (χ3v) is 5.43. The van der Waals surface area contributed by atoms with Crippen LogP contribution in [-0.4, -0.2) is 17.9 Å². The predicted molar refractivity (Wildman–Crippen MR) is 90.8 cm³/mol. The van der Waals surface area contributed by atoms with Gasteiger partial charge in [0.05, 0.1) is 0 Å². The smallest absolute Gasteiger partial charge is 0.0479 e. The molecule has 2 unspecified atom stereocenters. The molecule has 0 fully saturated rings. The molecule has 1 aromatic rings. The van der Waals surface area contributed by atoms with Crippen molar-refractivity contribution in [2.75, 3.05) is 11.7 Å². The van der Waals surface area contributed by atoms with Crippen LogP contribution in [0.4, 0.5) is 5.69 Å². The Balaban J connectivity index is 2.49. The minimum Gasteiger partial charge on any atom is -0.396 e. The van der Waals surface area contributed by atoms with Crippen LogP contribution in [0.1, 0.15) is 35.4 Å². The second kappa shape index (κ2) is 6.64. The summed E-state index contributed by atoms with van der Waals surface area (Å²) in [5, 5.41) is 20.1. The summed E-state index contributed by atoms with van der Waals surface area (Å²) in [6.07, 6.45) is 4.97. The Morgan fingerprint density at radius 2 is 2.44 bits per heavy atom.